The second-order valence-electron chi connectivity index (χ2n) is 7.83. The molecule has 3 rings (SSSR count). The van der Waals surface area contributed by atoms with Crippen molar-refractivity contribution < 1.29 is 18.9 Å². The number of non-ortho nitro benzene ring substituents is 1. The first-order chi connectivity index (χ1) is 14.7. The molecule has 9 heteroatoms. The highest BCUT2D eigenvalue weighted by Crippen LogP contribution is 2.44. The molecule has 164 valence electrons. The maximum Gasteiger partial charge on any atom is 0.336 e. The lowest BCUT2D eigenvalue weighted by molar-refractivity contribution is -0.384. The molecule has 0 radical (unpaired) electrons. The summed E-state index contributed by atoms with van der Waals surface area (Å²) in [5.74, 6) is -0.262. The zero-order chi connectivity index (χ0) is 22.7. The van der Waals surface area contributed by atoms with E-state index in [0.29, 0.717) is 34.7 Å². The summed E-state index contributed by atoms with van der Waals surface area (Å²) in [7, 11) is 0. The van der Waals surface area contributed by atoms with Crippen molar-refractivity contribution in [1.82, 2.24) is 15.5 Å². The van der Waals surface area contributed by atoms with Crippen LogP contribution in [0.25, 0.3) is 5.57 Å². The molecule has 0 amide bonds. The van der Waals surface area contributed by atoms with Crippen molar-refractivity contribution in [2.24, 2.45) is 5.92 Å². The minimum absolute atomic E-state index is 0.0691. The quantitative estimate of drug-likeness (QED) is 0.398. The Morgan fingerprint density at radius 1 is 1.29 bits per heavy atom. The SMILES string of the molecule is CCc1nnc(C2=C(C)NC(C)=C(C(=O)OCC(C)C)C2c2cccc([N+](=O)[O-])c2)o1. The van der Waals surface area contributed by atoms with E-state index in [0.717, 1.165) is 5.70 Å². The Morgan fingerprint density at radius 2 is 2.03 bits per heavy atom. The first kappa shape index (κ1) is 22.2. The van der Waals surface area contributed by atoms with Gasteiger partial charge in [0.25, 0.3) is 5.69 Å². The Balaban J connectivity index is 2.17. The predicted molar refractivity (Wildman–Crippen MR) is 114 cm³/mol. The summed E-state index contributed by atoms with van der Waals surface area (Å²) in [5, 5.41) is 22.8. The van der Waals surface area contributed by atoms with Crippen molar-refractivity contribution in [3.05, 3.63) is 68.7 Å². The van der Waals surface area contributed by atoms with Crippen LogP contribution in [0.1, 0.15) is 57.9 Å². The molecule has 0 fully saturated rings. The maximum absolute atomic E-state index is 13.1. The van der Waals surface area contributed by atoms with Gasteiger partial charge < -0.3 is 14.5 Å². The molecule has 0 bridgehead atoms. The van der Waals surface area contributed by atoms with Gasteiger partial charge in [0.1, 0.15) is 0 Å². The third kappa shape index (κ3) is 4.65. The van der Waals surface area contributed by atoms with Gasteiger partial charge in [-0.15, -0.1) is 10.2 Å². The van der Waals surface area contributed by atoms with Gasteiger partial charge >= 0.3 is 5.97 Å². The number of esters is 1. The van der Waals surface area contributed by atoms with Crippen molar-refractivity contribution >= 4 is 17.2 Å². The van der Waals surface area contributed by atoms with Crippen LogP contribution in [0, 0.1) is 16.0 Å². The summed E-state index contributed by atoms with van der Waals surface area (Å²) in [6, 6.07) is 6.22. The summed E-state index contributed by atoms with van der Waals surface area (Å²) >= 11 is 0. The zero-order valence-corrected chi connectivity index (χ0v) is 18.3. The molecule has 0 aliphatic carbocycles. The number of nitrogens with zero attached hydrogens (tertiary/aromatic N) is 3. The Bertz CT molecular complexity index is 1070. The molecule has 1 aromatic heterocycles. The van der Waals surface area contributed by atoms with Gasteiger partial charge in [0.2, 0.25) is 11.8 Å². The van der Waals surface area contributed by atoms with Gasteiger partial charge in [-0.05, 0) is 25.3 Å². The average Bonchev–Trinajstić information content (AvgIpc) is 3.20. The number of nitro benzene ring substituents is 1. The molecule has 2 heterocycles. The predicted octanol–water partition coefficient (Wildman–Crippen LogP) is 4.13. The summed E-state index contributed by atoms with van der Waals surface area (Å²) in [6.45, 7) is 9.68. The van der Waals surface area contributed by atoms with Crippen LogP contribution in [0.5, 0.6) is 0 Å². The van der Waals surface area contributed by atoms with Gasteiger partial charge in [-0.1, -0.05) is 32.9 Å². The Morgan fingerprint density at radius 3 is 2.65 bits per heavy atom. The van der Waals surface area contributed by atoms with Crippen LogP contribution in [0.3, 0.4) is 0 Å². The Kier molecular flexibility index (Phi) is 6.53. The molecule has 1 aliphatic heterocycles. The highest BCUT2D eigenvalue weighted by Gasteiger charge is 2.37. The van der Waals surface area contributed by atoms with Crippen molar-refractivity contribution in [3.63, 3.8) is 0 Å². The molecule has 1 unspecified atom stereocenters. The molecule has 1 N–H and O–H groups in total. The third-order valence-corrected chi connectivity index (χ3v) is 4.94. The summed E-state index contributed by atoms with van der Waals surface area (Å²) < 4.78 is 11.3. The van der Waals surface area contributed by atoms with Crippen LogP contribution in [0.4, 0.5) is 5.69 Å². The minimum Gasteiger partial charge on any atom is -0.462 e. The fraction of sp³-hybridized carbons (Fsp3) is 0.409. The highest BCUT2D eigenvalue weighted by atomic mass is 16.6. The number of carbonyl (C=O) groups is 1. The van der Waals surface area contributed by atoms with E-state index < -0.39 is 16.8 Å². The van der Waals surface area contributed by atoms with Gasteiger partial charge in [-0.2, -0.15) is 0 Å². The van der Waals surface area contributed by atoms with Gasteiger partial charge in [0.05, 0.1) is 23.0 Å². The highest BCUT2D eigenvalue weighted by molar-refractivity contribution is 5.97. The van der Waals surface area contributed by atoms with Gasteiger partial charge in [-0.25, -0.2) is 4.79 Å². The molecule has 1 atom stereocenters. The first-order valence-corrected chi connectivity index (χ1v) is 10.2. The normalized spacial score (nSPS) is 16.5. The number of aromatic nitrogens is 2. The molecule has 0 saturated heterocycles. The number of hydrogen-bond acceptors (Lipinski definition) is 8. The monoisotopic (exact) mass is 426 g/mol. The lowest BCUT2D eigenvalue weighted by Gasteiger charge is -2.30. The summed E-state index contributed by atoms with van der Waals surface area (Å²) in [6.07, 6.45) is 0.562. The van der Waals surface area contributed by atoms with Gasteiger partial charge in [0.15, 0.2) is 0 Å². The van der Waals surface area contributed by atoms with Crippen LogP contribution < -0.4 is 5.32 Å². The largest absolute Gasteiger partial charge is 0.462 e. The summed E-state index contributed by atoms with van der Waals surface area (Å²) in [4.78, 5) is 24.0. The number of nitro groups is 1. The lowest BCUT2D eigenvalue weighted by atomic mass is 9.80. The lowest BCUT2D eigenvalue weighted by Crippen LogP contribution is -2.29. The molecule has 2 aromatic rings. The molecule has 31 heavy (non-hydrogen) atoms. The minimum atomic E-state index is -0.661. The fourth-order valence-corrected chi connectivity index (χ4v) is 3.52. The molecule has 0 spiro atoms. The molecule has 0 saturated carbocycles. The van der Waals surface area contributed by atoms with Crippen molar-refractivity contribution in [3.8, 4) is 0 Å². The molecular formula is C22H26N4O5. The van der Waals surface area contributed by atoms with E-state index in [1.807, 2.05) is 27.7 Å². The molecule has 1 aliphatic rings. The van der Waals surface area contributed by atoms with Crippen molar-refractivity contribution in [2.75, 3.05) is 6.61 Å². The van der Waals surface area contributed by atoms with E-state index in [-0.39, 0.29) is 24.1 Å². The number of aryl methyl sites for hydroxylation is 1. The van der Waals surface area contributed by atoms with Gasteiger partial charge in [0, 0.05) is 35.5 Å². The zero-order valence-electron chi connectivity index (χ0n) is 18.3. The van der Waals surface area contributed by atoms with Crippen molar-refractivity contribution in [1.29, 1.82) is 0 Å². The first-order valence-electron chi connectivity index (χ1n) is 10.2. The second kappa shape index (κ2) is 9.11. The standard InChI is InChI=1S/C22H26N4O5/c1-6-17-24-25-21(31-17)18-13(4)23-14(5)19(22(27)30-11-12(2)3)20(18)15-8-7-9-16(10-15)26(28)29/h7-10,12,20,23H,6,11H2,1-5H3. The average molecular weight is 426 g/mol. The van der Waals surface area contributed by atoms with E-state index in [4.69, 9.17) is 9.15 Å². The van der Waals surface area contributed by atoms with Gasteiger partial charge in [-0.3, -0.25) is 10.1 Å². The topological polar surface area (TPSA) is 120 Å². The number of nitrogens with one attached hydrogen (secondary N) is 1. The number of rotatable bonds is 7. The number of carbonyl (C=O) groups excluding carboxylic acids is 1. The van der Waals surface area contributed by atoms with E-state index in [2.05, 4.69) is 15.5 Å². The number of benzene rings is 1. The van der Waals surface area contributed by atoms with Crippen molar-refractivity contribution in [2.45, 2.75) is 47.0 Å². The number of ether oxygens (including phenoxy) is 1. The molecular weight excluding hydrogens is 400 g/mol. The number of hydrogen-bond donors (Lipinski definition) is 1. The van der Waals surface area contributed by atoms with E-state index >= 15 is 0 Å². The smallest absolute Gasteiger partial charge is 0.336 e. The van der Waals surface area contributed by atoms with Crippen LogP contribution in [0.15, 0.2) is 45.6 Å². The maximum atomic E-state index is 13.1. The second-order valence-corrected chi connectivity index (χ2v) is 7.83. The Hall–Kier alpha value is -3.49. The van der Waals surface area contributed by atoms with Crippen LogP contribution in [0.2, 0.25) is 0 Å². The number of allylic oxidation sites excluding steroid dienone is 3. The summed E-state index contributed by atoms with van der Waals surface area (Å²) in [5.41, 5.74) is 2.78. The molecule has 9 nitrogen and oxygen atoms in total. The fourth-order valence-electron chi connectivity index (χ4n) is 3.52. The Labute approximate surface area is 180 Å². The van der Waals surface area contributed by atoms with E-state index in [9.17, 15) is 14.9 Å². The van der Waals surface area contributed by atoms with Crippen LogP contribution in [-0.2, 0) is 16.0 Å². The third-order valence-electron chi connectivity index (χ3n) is 4.94. The van der Waals surface area contributed by atoms with Crippen LogP contribution in [-0.4, -0.2) is 27.7 Å². The van der Waals surface area contributed by atoms with E-state index in [1.54, 1.807) is 19.1 Å². The number of dihydropyridines is 1. The van der Waals surface area contributed by atoms with Crippen LogP contribution >= 0.6 is 0 Å². The van der Waals surface area contributed by atoms with E-state index in [1.165, 1.54) is 12.1 Å². The molecule has 1 aromatic carbocycles.